The van der Waals surface area contributed by atoms with E-state index in [-0.39, 0.29) is 55.3 Å². The number of esters is 1. The average Bonchev–Trinajstić information content (AvgIpc) is 2.48. The lowest BCUT2D eigenvalue weighted by atomic mass is 9.82. The molecule has 0 fully saturated rings. The molecule has 5 nitrogen and oxygen atoms in total. The maximum absolute atomic E-state index is 11.9. The van der Waals surface area contributed by atoms with Gasteiger partial charge in [0.25, 0.3) is 0 Å². The normalized spacial score (nSPS) is 12.2. The molecule has 142 valence electrons. The predicted molar refractivity (Wildman–Crippen MR) is 104 cm³/mol. The number of carbonyl (C=O) groups is 2. The minimum absolute atomic E-state index is 0. The molecule has 7 heteroatoms. The summed E-state index contributed by atoms with van der Waals surface area (Å²) in [5, 5.41) is 10.4. The SMILES string of the molecule is CCOC(=O)C[C@H](CC(=O)CN)c1cc(C(C)(C)C)cc(Br)c1O.Cl. The third-order valence-corrected chi connectivity index (χ3v) is 4.42. The fraction of sp³-hybridized carbons (Fsp3) is 0.556. The third kappa shape index (κ3) is 6.96. The number of phenols is 1. The summed E-state index contributed by atoms with van der Waals surface area (Å²) >= 11 is 3.36. The van der Waals surface area contributed by atoms with Crippen LogP contribution in [-0.2, 0) is 19.7 Å². The molecule has 0 aliphatic heterocycles. The molecule has 0 aliphatic carbocycles. The lowest BCUT2D eigenvalue weighted by Gasteiger charge is -2.24. The molecule has 0 bridgehead atoms. The van der Waals surface area contributed by atoms with Crippen LogP contribution in [0.5, 0.6) is 5.75 Å². The fourth-order valence-electron chi connectivity index (χ4n) is 2.44. The number of carbonyl (C=O) groups excluding carboxylic acids is 2. The van der Waals surface area contributed by atoms with E-state index < -0.39 is 11.9 Å². The van der Waals surface area contributed by atoms with Crippen LogP contribution in [0.25, 0.3) is 0 Å². The maximum Gasteiger partial charge on any atom is 0.306 e. The zero-order chi connectivity index (χ0) is 18.5. The number of ether oxygens (including phenoxy) is 1. The lowest BCUT2D eigenvalue weighted by molar-refractivity contribution is -0.143. The van der Waals surface area contributed by atoms with Gasteiger partial charge in [-0.15, -0.1) is 12.4 Å². The van der Waals surface area contributed by atoms with E-state index >= 15 is 0 Å². The molecule has 1 aromatic carbocycles. The van der Waals surface area contributed by atoms with Crippen molar-refractivity contribution in [3.05, 3.63) is 27.7 Å². The highest BCUT2D eigenvalue weighted by Crippen LogP contribution is 2.40. The molecule has 1 rings (SSSR count). The Morgan fingerprint density at radius 1 is 1.28 bits per heavy atom. The van der Waals surface area contributed by atoms with Crippen molar-refractivity contribution in [2.24, 2.45) is 5.73 Å². The highest BCUT2D eigenvalue weighted by atomic mass is 79.9. The molecule has 0 amide bonds. The summed E-state index contributed by atoms with van der Waals surface area (Å²) in [5.41, 5.74) is 6.83. The monoisotopic (exact) mass is 435 g/mol. The van der Waals surface area contributed by atoms with Gasteiger partial charge in [-0.1, -0.05) is 26.8 Å². The Bertz CT molecular complexity index is 614. The van der Waals surface area contributed by atoms with Gasteiger partial charge in [0.2, 0.25) is 0 Å². The van der Waals surface area contributed by atoms with Gasteiger partial charge in [0.1, 0.15) is 11.5 Å². The van der Waals surface area contributed by atoms with Crippen molar-refractivity contribution in [2.45, 2.75) is 51.9 Å². The molecule has 1 atom stereocenters. The summed E-state index contributed by atoms with van der Waals surface area (Å²) in [6.45, 7) is 8.07. The molecule has 1 aromatic rings. The third-order valence-electron chi connectivity index (χ3n) is 3.82. The first-order chi connectivity index (χ1) is 11.1. The van der Waals surface area contributed by atoms with Crippen LogP contribution in [0.4, 0.5) is 0 Å². The summed E-state index contributed by atoms with van der Waals surface area (Å²) in [6, 6.07) is 3.71. The predicted octanol–water partition coefficient (Wildman–Crippen LogP) is 3.83. The first kappa shape index (κ1) is 23.9. The second-order valence-corrected chi connectivity index (χ2v) is 7.65. The van der Waals surface area contributed by atoms with Crippen LogP contribution in [-0.4, -0.2) is 30.0 Å². The van der Waals surface area contributed by atoms with Crippen LogP contribution in [0, 0.1) is 0 Å². The van der Waals surface area contributed by atoms with Crippen molar-refractivity contribution < 1.29 is 19.4 Å². The Balaban J connectivity index is 0.00000576. The Hall–Kier alpha value is -1.11. The molecule has 0 saturated heterocycles. The second kappa shape index (κ2) is 10.1. The van der Waals surface area contributed by atoms with Crippen molar-refractivity contribution >= 4 is 40.1 Å². The van der Waals surface area contributed by atoms with E-state index in [1.807, 2.05) is 12.1 Å². The molecule has 0 radical (unpaired) electrons. The van der Waals surface area contributed by atoms with Gasteiger partial charge < -0.3 is 15.6 Å². The van der Waals surface area contributed by atoms with E-state index in [1.54, 1.807) is 6.92 Å². The number of halogens is 2. The molecular weight excluding hydrogens is 410 g/mol. The minimum atomic E-state index is -0.473. The summed E-state index contributed by atoms with van der Waals surface area (Å²) in [4.78, 5) is 23.8. The maximum atomic E-state index is 11.9. The summed E-state index contributed by atoms with van der Waals surface area (Å²) < 4.78 is 5.54. The summed E-state index contributed by atoms with van der Waals surface area (Å²) in [5.74, 6) is -0.995. The van der Waals surface area contributed by atoms with E-state index in [0.29, 0.717) is 10.0 Å². The van der Waals surface area contributed by atoms with Gasteiger partial charge in [-0.3, -0.25) is 9.59 Å². The van der Waals surface area contributed by atoms with Gasteiger partial charge in [-0.25, -0.2) is 0 Å². The van der Waals surface area contributed by atoms with Gasteiger partial charge in [-0.05, 0) is 45.5 Å². The molecule has 0 saturated carbocycles. The molecule has 0 aromatic heterocycles. The van der Waals surface area contributed by atoms with Crippen LogP contribution < -0.4 is 5.73 Å². The zero-order valence-corrected chi connectivity index (χ0v) is 17.5. The number of hydrogen-bond donors (Lipinski definition) is 2. The van der Waals surface area contributed by atoms with Gasteiger partial charge in [-0.2, -0.15) is 0 Å². The van der Waals surface area contributed by atoms with E-state index in [4.69, 9.17) is 10.5 Å². The van der Waals surface area contributed by atoms with E-state index in [0.717, 1.165) is 5.56 Å². The smallest absolute Gasteiger partial charge is 0.306 e. The zero-order valence-electron chi connectivity index (χ0n) is 15.1. The van der Waals surface area contributed by atoms with E-state index in [1.165, 1.54) is 0 Å². The van der Waals surface area contributed by atoms with E-state index in [9.17, 15) is 14.7 Å². The van der Waals surface area contributed by atoms with Crippen LogP contribution in [0.2, 0.25) is 0 Å². The Morgan fingerprint density at radius 3 is 2.36 bits per heavy atom. The van der Waals surface area contributed by atoms with Crippen molar-refractivity contribution in [3.8, 4) is 5.75 Å². The van der Waals surface area contributed by atoms with Crippen molar-refractivity contribution in [2.75, 3.05) is 13.2 Å². The van der Waals surface area contributed by atoms with Crippen molar-refractivity contribution in [1.82, 2.24) is 0 Å². The number of ketones is 1. The van der Waals surface area contributed by atoms with Crippen LogP contribution >= 0.6 is 28.3 Å². The number of phenolic OH excluding ortho intramolecular Hbond substituents is 1. The van der Waals surface area contributed by atoms with Crippen LogP contribution in [0.15, 0.2) is 16.6 Å². The topological polar surface area (TPSA) is 89.6 Å². The minimum Gasteiger partial charge on any atom is -0.506 e. The van der Waals surface area contributed by atoms with Gasteiger partial charge >= 0.3 is 5.97 Å². The Kier molecular flexibility index (Phi) is 9.69. The molecule has 0 aliphatic rings. The molecule has 0 unspecified atom stereocenters. The highest BCUT2D eigenvalue weighted by Gasteiger charge is 2.26. The molecule has 0 heterocycles. The lowest BCUT2D eigenvalue weighted by Crippen LogP contribution is -2.20. The number of rotatable bonds is 7. The average molecular weight is 437 g/mol. The molecule has 25 heavy (non-hydrogen) atoms. The highest BCUT2D eigenvalue weighted by molar-refractivity contribution is 9.10. The molecule has 0 spiro atoms. The number of aromatic hydroxyl groups is 1. The first-order valence-corrected chi connectivity index (χ1v) is 8.79. The summed E-state index contributed by atoms with van der Waals surface area (Å²) in [7, 11) is 0. The van der Waals surface area contributed by atoms with E-state index in [2.05, 4.69) is 36.7 Å². The van der Waals surface area contributed by atoms with Gasteiger partial charge in [0.15, 0.2) is 0 Å². The Morgan fingerprint density at radius 2 is 1.88 bits per heavy atom. The second-order valence-electron chi connectivity index (χ2n) is 6.80. The van der Waals surface area contributed by atoms with Crippen LogP contribution in [0.3, 0.4) is 0 Å². The first-order valence-electron chi connectivity index (χ1n) is 8.00. The Labute approximate surface area is 163 Å². The van der Waals surface area contributed by atoms with Crippen LogP contribution in [0.1, 0.15) is 57.6 Å². The fourth-order valence-corrected chi connectivity index (χ4v) is 2.91. The number of benzene rings is 1. The molecular formula is C18H27BrClNO4. The van der Waals surface area contributed by atoms with Crippen molar-refractivity contribution in [1.29, 1.82) is 0 Å². The molecule has 3 N–H and O–H groups in total. The van der Waals surface area contributed by atoms with Crippen molar-refractivity contribution in [3.63, 3.8) is 0 Å². The standard InChI is InChI=1S/C18H26BrNO4.ClH/c1-5-24-16(22)7-11(6-13(21)10-20)14-8-12(18(2,3)4)9-15(19)17(14)23;/h8-9,11,23H,5-7,10,20H2,1-4H3;1H/t11-;/m0./s1. The summed E-state index contributed by atoms with van der Waals surface area (Å²) in [6.07, 6.45) is 0.107. The number of hydrogen-bond acceptors (Lipinski definition) is 5. The van der Waals surface area contributed by atoms with Gasteiger partial charge in [0, 0.05) is 12.3 Å². The number of Topliss-reactive ketones (excluding diaryl/α,β-unsaturated/α-hetero) is 1. The quantitative estimate of drug-likeness (QED) is 0.634. The largest absolute Gasteiger partial charge is 0.506 e. The number of nitrogens with two attached hydrogens (primary N) is 1. The van der Waals surface area contributed by atoms with Gasteiger partial charge in [0.05, 0.1) is 24.0 Å².